The minimum absolute atomic E-state index is 0.706. The Balaban J connectivity index is 0.954. The average Bonchev–Trinajstić information content (AvgIpc) is 3.94. The van der Waals surface area contributed by atoms with Gasteiger partial charge in [0.05, 0.1) is 33.4 Å². The first-order chi connectivity index (χ1) is 29.0. The summed E-state index contributed by atoms with van der Waals surface area (Å²) in [4.78, 5) is 10.0. The van der Waals surface area contributed by atoms with Crippen LogP contribution < -0.4 is 14.5 Å². The quantitative estimate of drug-likeness (QED) is 0.162. The summed E-state index contributed by atoms with van der Waals surface area (Å²) in [5.74, 6) is 2.37. The lowest BCUT2D eigenvalue weighted by atomic mass is 10.0. The molecule has 0 saturated carbocycles. The molecule has 1 aliphatic heterocycles. The van der Waals surface area contributed by atoms with Gasteiger partial charge in [-0.15, -0.1) is 0 Å². The van der Waals surface area contributed by atoms with E-state index < -0.39 is 0 Å². The lowest BCUT2D eigenvalue weighted by Crippen LogP contribution is -2.25. The van der Waals surface area contributed by atoms with Crippen LogP contribution in [0.25, 0.3) is 55.6 Å². The molecule has 284 valence electrons. The molecule has 0 fully saturated rings. The molecule has 0 bridgehead atoms. The molecular formula is C53H41N5O. The second-order valence-electron chi connectivity index (χ2n) is 15.5. The van der Waals surface area contributed by atoms with Crippen LogP contribution >= 0.6 is 0 Å². The van der Waals surface area contributed by atoms with Gasteiger partial charge < -0.3 is 19.1 Å². The number of fused-ring (bicyclic) bond motifs is 5. The summed E-state index contributed by atoms with van der Waals surface area (Å²) in [6, 6.07) is 64.2. The number of ether oxygens (including phenoxy) is 1. The highest BCUT2D eigenvalue weighted by Crippen LogP contribution is 2.47. The molecule has 0 N–H and O–H groups in total. The number of rotatable bonds is 7. The van der Waals surface area contributed by atoms with Crippen molar-refractivity contribution in [3.63, 3.8) is 0 Å². The molecule has 0 amide bonds. The third-order valence-electron chi connectivity index (χ3n) is 11.6. The van der Waals surface area contributed by atoms with Gasteiger partial charge in [0.2, 0.25) is 0 Å². The average molecular weight is 764 g/mol. The van der Waals surface area contributed by atoms with Gasteiger partial charge >= 0.3 is 0 Å². The van der Waals surface area contributed by atoms with Gasteiger partial charge in [-0.3, -0.25) is 4.57 Å². The van der Waals surface area contributed by atoms with Gasteiger partial charge in [0.1, 0.15) is 24.0 Å². The first-order valence-electron chi connectivity index (χ1n) is 20.2. The van der Waals surface area contributed by atoms with Crippen molar-refractivity contribution in [1.29, 1.82) is 0 Å². The van der Waals surface area contributed by atoms with Gasteiger partial charge in [0, 0.05) is 45.2 Å². The van der Waals surface area contributed by atoms with E-state index in [9.17, 15) is 0 Å². The van der Waals surface area contributed by atoms with Crippen LogP contribution in [0.1, 0.15) is 16.7 Å². The fourth-order valence-corrected chi connectivity index (χ4v) is 9.21. The Kier molecular flexibility index (Phi) is 8.12. The number of hydrogen-bond acceptors (Lipinski definition) is 4. The lowest BCUT2D eigenvalue weighted by Gasteiger charge is -2.25. The zero-order valence-electron chi connectivity index (χ0n) is 33.2. The van der Waals surface area contributed by atoms with Crippen molar-refractivity contribution in [3.8, 4) is 34.3 Å². The molecule has 8 aromatic carbocycles. The molecule has 0 unspecified atom stereocenters. The van der Waals surface area contributed by atoms with E-state index in [1.165, 1.54) is 50.0 Å². The summed E-state index contributed by atoms with van der Waals surface area (Å²) < 4.78 is 11.3. The molecule has 11 rings (SSSR count). The van der Waals surface area contributed by atoms with Gasteiger partial charge in [-0.25, -0.2) is 4.98 Å². The predicted molar refractivity (Wildman–Crippen MR) is 244 cm³/mol. The highest BCUT2D eigenvalue weighted by atomic mass is 16.5. The molecule has 0 saturated heterocycles. The zero-order chi connectivity index (χ0) is 39.6. The number of imidazole rings is 1. The summed E-state index contributed by atoms with van der Waals surface area (Å²) in [5, 5.41) is 2.40. The van der Waals surface area contributed by atoms with Crippen molar-refractivity contribution < 1.29 is 4.74 Å². The molecule has 59 heavy (non-hydrogen) atoms. The molecule has 6 heteroatoms. The largest absolute Gasteiger partial charge is 0.457 e. The molecule has 1 aliphatic rings. The maximum absolute atomic E-state index is 6.68. The van der Waals surface area contributed by atoms with Crippen LogP contribution in [-0.2, 0) is 0 Å². The molecule has 0 atom stereocenters. The SMILES string of the molecule is Cc1cc(C)c(N2CN(c3cccc(Oc4cccc(-c5nc6ccccc6n5-c5ccc6c(c5)c5ccccc5n6-c5ccccc5)c4)c3)c3ccccc32)c(C)c1. The van der Waals surface area contributed by atoms with E-state index in [0.29, 0.717) is 6.67 Å². The molecule has 2 aromatic heterocycles. The van der Waals surface area contributed by atoms with E-state index in [1.807, 2.05) is 18.2 Å². The van der Waals surface area contributed by atoms with Crippen LogP contribution in [0.15, 0.2) is 182 Å². The Labute approximate surface area is 343 Å². The number of hydrogen-bond donors (Lipinski definition) is 0. The van der Waals surface area contributed by atoms with E-state index in [1.54, 1.807) is 0 Å². The van der Waals surface area contributed by atoms with E-state index in [-0.39, 0.29) is 0 Å². The maximum Gasteiger partial charge on any atom is 0.145 e. The molecule has 0 radical (unpaired) electrons. The number of nitrogens with zero attached hydrogens (tertiary/aromatic N) is 5. The van der Waals surface area contributed by atoms with Crippen molar-refractivity contribution in [1.82, 2.24) is 14.1 Å². The number of aryl methyl sites for hydroxylation is 3. The predicted octanol–water partition coefficient (Wildman–Crippen LogP) is 13.8. The minimum atomic E-state index is 0.706. The minimum Gasteiger partial charge on any atom is -0.457 e. The highest BCUT2D eigenvalue weighted by molar-refractivity contribution is 6.10. The fourth-order valence-electron chi connectivity index (χ4n) is 9.21. The Morgan fingerprint density at radius 2 is 1.10 bits per heavy atom. The molecule has 10 aromatic rings. The third kappa shape index (κ3) is 5.83. The standard InChI is InChI=1S/C53H41N5O/c1-35-29-36(2)52(37(3)30-35)56-34-55(50-25-11-12-26-51(50)56)40-18-14-20-43(32-40)59-42-19-13-15-38(31-42)53-54-46-22-8-10-24-49(46)58(53)41-27-28-48-45(33-41)44-21-7-9-23-47(44)57(48)39-16-5-4-6-17-39/h4-33H,34H2,1-3H3. The second-order valence-corrected chi connectivity index (χ2v) is 15.5. The summed E-state index contributed by atoms with van der Waals surface area (Å²) in [7, 11) is 0. The first kappa shape index (κ1) is 34.7. The van der Waals surface area contributed by atoms with Crippen LogP contribution in [0.3, 0.4) is 0 Å². The van der Waals surface area contributed by atoms with Crippen molar-refractivity contribution in [2.24, 2.45) is 0 Å². The number of aromatic nitrogens is 3. The Morgan fingerprint density at radius 3 is 1.92 bits per heavy atom. The molecule has 0 spiro atoms. The van der Waals surface area contributed by atoms with Crippen LogP contribution in [0, 0.1) is 20.8 Å². The zero-order valence-corrected chi connectivity index (χ0v) is 33.2. The molecular weight excluding hydrogens is 723 g/mol. The van der Waals surface area contributed by atoms with Gasteiger partial charge in [-0.1, -0.05) is 96.6 Å². The summed E-state index contributed by atoms with van der Waals surface area (Å²) in [6.45, 7) is 7.29. The number of para-hydroxylation sites is 6. The lowest BCUT2D eigenvalue weighted by molar-refractivity contribution is 0.483. The van der Waals surface area contributed by atoms with Crippen LogP contribution in [0.5, 0.6) is 11.5 Å². The molecule has 0 aliphatic carbocycles. The normalized spacial score (nSPS) is 12.5. The molecule has 6 nitrogen and oxygen atoms in total. The van der Waals surface area contributed by atoms with Crippen molar-refractivity contribution in [3.05, 3.63) is 199 Å². The van der Waals surface area contributed by atoms with Gasteiger partial charge in [0.15, 0.2) is 0 Å². The Hall–Kier alpha value is -7.57. The summed E-state index contributed by atoms with van der Waals surface area (Å²) >= 11 is 0. The topological polar surface area (TPSA) is 38.5 Å². The van der Waals surface area contributed by atoms with Gasteiger partial charge in [0.25, 0.3) is 0 Å². The Bertz CT molecular complexity index is 3210. The van der Waals surface area contributed by atoms with E-state index in [4.69, 9.17) is 9.72 Å². The second kappa shape index (κ2) is 13.8. The maximum atomic E-state index is 6.68. The fraction of sp³-hybridized carbons (Fsp3) is 0.0755. The molecule has 3 heterocycles. The van der Waals surface area contributed by atoms with Crippen molar-refractivity contribution in [2.45, 2.75) is 20.8 Å². The van der Waals surface area contributed by atoms with Gasteiger partial charge in [-0.2, -0.15) is 0 Å². The summed E-state index contributed by atoms with van der Waals surface area (Å²) in [6.07, 6.45) is 0. The van der Waals surface area contributed by atoms with E-state index in [2.05, 4.69) is 203 Å². The van der Waals surface area contributed by atoms with Crippen LogP contribution in [0.2, 0.25) is 0 Å². The number of benzene rings is 8. The van der Waals surface area contributed by atoms with Crippen molar-refractivity contribution >= 4 is 55.6 Å². The van der Waals surface area contributed by atoms with Crippen molar-refractivity contribution in [2.75, 3.05) is 16.5 Å². The monoisotopic (exact) mass is 763 g/mol. The van der Waals surface area contributed by atoms with Crippen LogP contribution in [-0.4, -0.2) is 20.8 Å². The smallest absolute Gasteiger partial charge is 0.145 e. The highest BCUT2D eigenvalue weighted by Gasteiger charge is 2.30. The number of anilines is 4. The van der Waals surface area contributed by atoms with E-state index in [0.717, 1.165) is 56.5 Å². The summed E-state index contributed by atoms with van der Waals surface area (Å²) in [5.41, 5.74) is 16.0. The third-order valence-corrected chi connectivity index (χ3v) is 11.6. The first-order valence-corrected chi connectivity index (χ1v) is 20.2. The Morgan fingerprint density at radius 1 is 0.458 bits per heavy atom. The van der Waals surface area contributed by atoms with Gasteiger partial charge in [-0.05, 0) is 117 Å². The van der Waals surface area contributed by atoms with Crippen LogP contribution in [0.4, 0.5) is 22.7 Å². The van der Waals surface area contributed by atoms with E-state index >= 15 is 0 Å².